The molecule has 1 N–H and O–H groups in total. The van der Waals surface area contributed by atoms with Crippen LogP contribution in [0.4, 0.5) is 0 Å². The van der Waals surface area contributed by atoms with Gasteiger partial charge in [-0.1, -0.05) is 77.9 Å². The van der Waals surface area contributed by atoms with E-state index in [0.717, 1.165) is 93.7 Å². The fourth-order valence-corrected chi connectivity index (χ4v) is 10.3. The van der Waals surface area contributed by atoms with Gasteiger partial charge in [0.2, 0.25) is 0 Å². The van der Waals surface area contributed by atoms with E-state index in [0.29, 0.717) is 29.0 Å². The van der Waals surface area contributed by atoms with Gasteiger partial charge in [-0.05, 0) is 111 Å². The molecule has 0 aromatic heterocycles. The zero-order valence-electron chi connectivity index (χ0n) is 25.9. The number of carbonyl (C=O) groups excluding carboxylic acids is 2. The highest BCUT2D eigenvalue weighted by molar-refractivity contribution is 5.78. The van der Waals surface area contributed by atoms with Crippen molar-refractivity contribution < 1.29 is 14.7 Å². The molecule has 0 spiro atoms. The molecular formula is C36H60O3. The molecule has 1 unspecified atom stereocenters. The Morgan fingerprint density at radius 1 is 0.974 bits per heavy atom. The summed E-state index contributed by atoms with van der Waals surface area (Å²) in [5.74, 6) is 5.18. The Labute approximate surface area is 240 Å². The maximum absolute atomic E-state index is 12.5. The highest BCUT2D eigenvalue weighted by atomic mass is 16.3. The summed E-state index contributed by atoms with van der Waals surface area (Å²) in [6.45, 7) is 10.0. The first-order chi connectivity index (χ1) is 18.7. The summed E-state index contributed by atoms with van der Waals surface area (Å²) in [5, 5.41) is 10.3. The van der Waals surface area contributed by atoms with Crippen molar-refractivity contribution in [3.63, 3.8) is 0 Å². The first-order valence-corrected chi connectivity index (χ1v) is 17.0. The van der Waals surface area contributed by atoms with Crippen LogP contribution in [-0.2, 0) is 9.59 Å². The largest absolute Gasteiger partial charge is 0.393 e. The van der Waals surface area contributed by atoms with Gasteiger partial charge in [0, 0.05) is 19.3 Å². The van der Waals surface area contributed by atoms with E-state index < -0.39 is 0 Å². The molecule has 0 aliphatic heterocycles. The van der Waals surface area contributed by atoms with Crippen molar-refractivity contribution >= 4 is 12.1 Å². The van der Waals surface area contributed by atoms with Crippen LogP contribution in [0.1, 0.15) is 150 Å². The number of unbranched alkanes of at least 4 members (excludes halogenated alkanes) is 5. The summed E-state index contributed by atoms with van der Waals surface area (Å²) < 4.78 is 0. The minimum absolute atomic E-state index is 0.109. The van der Waals surface area contributed by atoms with Crippen molar-refractivity contribution in [3.8, 4) is 0 Å². The average molecular weight is 541 g/mol. The standard InChI is InChI=1S/C36H60O3/c1-26(24-29(38)14-9-7-5-6-8-10-23-37)12-11-13-27(2)32-17-18-33-31-16-15-28-25-30(39)19-21-35(28,3)34(31)20-22-36(32,33)4/h15,23,26-27,30-34,39H,5-14,16-22,24-25H2,1-4H3/t26?,27-,30+,31+,32-,33+,34+,35+,36-/m1/s1. The molecule has 39 heavy (non-hydrogen) atoms. The number of rotatable bonds is 15. The number of hydrogen-bond donors (Lipinski definition) is 1. The maximum Gasteiger partial charge on any atom is 0.133 e. The lowest BCUT2D eigenvalue weighted by atomic mass is 9.47. The first-order valence-electron chi connectivity index (χ1n) is 17.0. The lowest BCUT2D eigenvalue weighted by molar-refractivity contribution is -0.120. The number of aldehydes is 1. The second-order valence-corrected chi connectivity index (χ2v) is 15.1. The molecule has 0 bridgehead atoms. The number of ketones is 1. The van der Waals surface area contributed by atoms with Gasteiger partial charge < -0.3 is 9.90 Å². The van der Waals surface area contributed by atoms with Crippen LogP contribution < -0.4 is 0 Å². The lowest BCUT2D eigenvalue weighted by Gasteiger charge is -2.58. The fourth-order valence-electron chi connectivity index (χ4n) is 10.3. The number of aliphatic hydroxyl groups excluding tert-OH is 1. The highest BCUT2D eigenvalue weighted by Crippen LogP contribution is 2.67. The van der Waals surface area contributed by atoms with Crippen LogP contribution in [0, 0.1) is 46.3 Å². The van der Waals surface area contributed by atoms with E-state index in [4.69, 9.17) is 0 Å². The predicted molar refractivity (Wildman–Crippen MR) is 161 cm³/mol. The van der Waals surface area contributed by atoms with Gasteiger partial charge >= 0.3 is 0 Å². The summed E-state index contributed by atoms with van der Waals surface area (Å²) >= 11 is 0. The number of aliphatic hydroxyl groups is 1. The topological polar surface area (TPSA) is 54.4 Å². The van der Waals surface area contributed by atoms with Gasteiger partial charge in [-0.3, -0.25) is 4.79 Å². The van der Waals surface area contributed by atoms with E-state index in [-0.39, 0.29) is 6.10 Å². The molecule has 3 nitrogen and oxygen atoms in total. The third kappa shape index (κ3) is 7.10. The zero-order valence-corrected chi connectivity index (χ0v) is 25.9. The quantitative estimate of drug-likeness (QED) is 0.128. The molecule has 222 valence electrons. The Kier molecular flexibility index (Phi) is 11.0. The van der Waals surface area contributed by atoms with Crippen LogP contribution in [0.2, 0.25) is 0 Å². The minimum Gasteiger partial charge on any atom is -0.393 e. The highest BCUT2D eigenvalue weighted by Gasteiger charge is 2.59. The Hall–Kier alpha value is -0.960. The average Bonchev–Trinajstić information content (AvgIpc) is 3.26. The molecular weight excluding hydrogens is 480 g/mol. The molecule has 0 heterocycles. The van der Waals surface area contributed by atoms with Crippen molar-refractivity contribution in [3.05, 3.63) is 11.6 Å². The van der Waals surface area contributed by atoms with Crippen molar-refractivity contribution in [1.82, 2.24) is 0 Å². The predicted octanol–water partition coefficient (Wildman–Crippen LogP) is 9.26. The van der Waals surface area contributed by atoms with Gasteiger partial charge in [0.15, 0.2) is 0 Å². The van der Waals surface area contributed by atoms with Crippen LogP contribution in [-0.4, -0.2) is 23.3 Å². The number of carbonyl (C=O) groups is 2. The smallest absolute Gasteiger partial charge is 0.133 e. The normalized spacial score (nSPS) is 37.3. The first kappa shape index (κ1) is 31.0. The van der Waals surface area contributed by atoms with Crippen molar-refractivity contribution in [2.24, 2.45) is 46.3 Å². The van der Waals surface area contributed by atoms with Crippen molar-refractivity contribution in [1.29, 1.82) is 0 Å². The summed E-state index contributed by atoms with van der Waals surface area (Å²) in [5.41, 5.74) is 2.44. The van der Waals surface area contributed by atoms with Crippen LogP contribution in [0.5, 0.6) is 0 Å². The molecule has 3 saturated carbocycles. The maximum atomic E-state index is 12.5. The third-order valence-corrected chi connectivity index (χ3v) is 12.5. The molecule has 3 fully saturated rings. The molecule has 0 saturated heterocycles. The summed E-state index contributed by atoms with van der Waals surface area (Å²) in [6, 6.07) is 0. The Balaban J connectivity index is 1.19. The van der Waals surface area contributed by atoms with Gasteiger partial charge in [0.1, 0.15) is 12.1 Å². The molecule has 4 rings (SSSR count). The van der Waals surface area contributed by atoms with Gasteiger partial charge in [-0.2, -0.15) is 0 Å². The zero-order chi connectivity index (χ0) is 28.0. The molecule has 3 heteroatoms. The number of Topliss-reactive ketones (excluding diaryl/α,β-unsaturated/α-hetero) is 1. The van der Waals surface area contributed by atoms with Crippen LogP contribution >= 0.6 is 0 Å². The third-order valence-electron chi connectivity index (χ3n) is 12.5. The Bertz CT molecular complexity index is 846. The van der Waals surface area contributed by atoms with E-state index in [1.807, 2.05) is 0 Å². The van der Waals surface area contributed by atoms with E-state index in [1.165, 1.54) is 57.8 Å². The molecule has 4 aliphatic rings. The molecule has 0 aromatic rings. The van der Waals surface area contributed by atoms with Crippen molar-refractivity contribution in [2.75, 3.05) is 0 Å². The van der Waals surface area contributed by atoms with Crippen LogP contribution in [0.25, 0.3) is 0 Å². The number of fused-ring (bicyclic) bond motifs is 5. The van der Waals surface area contributed by atoms with Crippen molar-refractivity contribution in [2.45, 2.75) is 156 Å². The van der Waals surface area contributed by atoms with E-state index in [1.54, 1.807) is 5.57 Å². The van der Waals surface area contributed by atoms with Crippen LogP contribution in [0.3, 0.4) is 0 Å². The summed E-state index contributed by atoms with van der Waals surface area (Å²) in [4.78, 5) is 22.9. The fraction of sp³-hybridized carbons (Fsp3) is 0.889. The second-order valence-electron chi connectivity index (χ2n) is 15.1. The van der Waals surface area contributed by atoms with Gasteiger partial charge in [0.05, 0.1) is 6.10 Å². The minimum atomic E-state index is -0.109. The van der Waals surface area contributed by atoms with Crippen LogP contribution in [0.15, 0.2) is 11.6 Å². The lowest BCUT2D eigenvalue weighted by Crippen LogP contribution is -2.50. The molecule has 0 radical (unpaired) electrons. The van der Waals surface area contributed by atoms with Gasteiger partial charge in [0.25, 0.3) is 0 Å². The molecule has 9 atom stereocenters. The molecule has 4 aliphatic carbocycles. The summed E-state index contributed by atoms with van der Waals surface area (Å²) in [7, 11) is 0. The number of allylic oxidation sites excluding steroid dienone is 1. The molecule has 0 aromatic carbocycles. The van der Waals surface area contributed by atoms with E-state index in [9.17, 15) is 14.7 Å². The van der Waals surface area contributed by atoms with E-state index >= 15 is 0 Å². The monoisotopic (exact) mass is 540 g/mol. The summed E-state index contributed by atoms with van der Waals surface area (Å²) in [6.07, 6.45) is 24.9. The van der Waals surface area contributed by atoms with Gasteiger partial charge in [-0.15, -0.1) is 0 Å². The Morgan fingerprint density at radius 3 is 2.54 bits per heavy atom. The van der Waals surface area contributed by atoms with E-state index in [2.05, 4.69) is 33.8 Å². The second kappa shape index (κ2) is 13.8. The Morgan fingerprint density at radius 2 is 1.74 bits per heavy atom. The van der Waals surface area contributed by atoms with Gasteiger partial charge in [-0.25, -0.2) is 0 Å². The molecule has 0 amide bonds. The SMILES string of the molecule is CC(CCC[C@@H](C)[C@H]1CC[C@H]2[C@@H]3CC=C4C[C@@H](O)CC[C@]4(C)[C@H]3CC[C@]12C)CC(=O)CCCCCCCC=O. The number of hydrogen-bond acceptors (Lipinski definition) is 3.